The van der Waals surface area contributed by atoms with Crippen LogP contribution in [0.2, 0.25) is 0 Å². The average molecular weight is 471 g/mol. The van der Waals surface area contributed by atoms with Crippen LogP contribution in [0.3, 0.4) is 0 Å². The zero-order valence-corrected chi connectivity index (χ0v) is 22.1. The average Bonchev–Trinajstić information content (AvgIpc) is 3.36. The monoisotopic (exact) mass is 470 g/mol. The first-order valence-corrected chi connectivity index (χ1v) is 13.8. The van der Waals surface area contributed by atoms with Gasteiger partial charge in [0.2, 0.25) is 0 Å². The molecule has 0 unspecified atom stereocenters. The number of nitrogens with zero attached hydrogens (tertiary/aromatic N) is 3. The van der Waals surface area contributed by atoms with Crippen molar-refractivity contribution in [3.05, 3.63) is 35.9 Å². The molecule has 1 fully saturated rings. The number of aryl methyl sites for hydroxylation is 1. The zero-order chi connectivity index (χ0) is 23.5. The SMILES string of the molecule is CC(C)CCCCN1C(=S)N(CCCC[C@H]2CN=C(CCCCc3ccccc3)N2)C[C@H]1C. The molecule has 1 N–H and O–H groups in total. The van der Waals surface area contributed by atoms with E-state index in [2.05, 4.69) is 66.2 Å². The van der Waals surface area contributed by atoms with Gasteiger partial charge in [-0.05, 0) is 75.6 Å². The predicted molar refractivity (Wildman–Crippen MR) is 146 cm³/mol. The third kappa shape index (κ3) is 8.92. The highest BCUT2D eigenvalue weighted by molar-refractivity contribution is 7.80. The molecule has 0 spiro atoms. The van der Waals surface area contributed by atoms with Crippen LogP contribution < -0.4 is 5.32 Å². The van der Waals surface area contributed by atoms with E-state index < -0.39 is 0 Å². The van der Waals surface area contributed by atoms with Crippen LogP contribution in [0.15, 0.2) is 35.3 Å². The van der Waals surface area contributed by atoms with Crippen LogP contribution in [0, 0.1) is 5.92 Å². The van der Waals surface area contributed by atoms with Gasteiger partial charge in [0, 0.05) is 38.1 Å². The predicted octanol–water partition coefficient (Wildman–Crippen LogP) is 6.06. The third-order valence-corrected chi connectivity index (χ3v) is 7.53. The lowest BCUT2D eigenvalue weighted by Gasteiger charge is -2.24. The van der Waals surface area contributed by atoms with Gasteiger partial charge in [0.25, 0.3) is 0 Å². The number of hydrogen-bond acceptors (Lipinski definition) is 3. The number of hydrogen-bond donors (Lipinski definition) is 1. The number of rotatable bonds is 15. The van der Waals surface area contributed by atoms with E-state index in [0.717, 1.165) is 43.6 Å². The number of aliphatic imine (C=N–C) groups is 1. The Morgan fingerprint density at radius 1 is 1.00 bits per heavy atom. The first kappa shape index (κ1) is 26.0. The molecule has 4 nitrogen and oxygen atoms in total. The second-order valence-corrected chi connectivity index (χ2v) is 10.8. The Bertz CT molecular complexity index is 733. The van der Waals surface area contributed by atoms with Gasteiger partial charge in [0.05, 0.1) is 12.4 Å². The van der Waals surface area contributed by atoms with E-state index in [1.165, 1.54) is 69.2 Å². The fourth-order valence-electron chi connectivity index (χ4n) is 5.03. The maximum Gasteiger partial charge on any atom is 0.171 e. The molecule has 3 rings (SSSR count). The van der Waals surface area contributed by atoms with Gasteiger partial charge in [-0.15, -0.1) is 0 Å². The van der Waals surface area contributed by atoms with Gasteiger partial charge in [-0.25, -0.2) is 0 Å². The summed E-state index contributed by atoms with van der Waals surface area (Å²) in [5.41, 5.74) is 1.44. The molecule has 0 amide bonds. The Kier molecular flexibility index (Phi) is 11.0. The van der Waals surface area contributed by atoms with E-state index >= 15 is 0 Å². The first-order valence-electron chi connectivity index (χ1n) is 13.4. The lowest BCUT2D eigenvalue weighted by molar-refractivity contribution is 0.349. The van der Waals surface area contributed by atoms with Crippen molar-refractivity contribution in [2.45, 2.75) is 97.1 Å². The summed E-state index contributed by atoms with van der Waals surface area (Å²) < 4.78 is 0. The van der Waals surface area contributed by atoms with Crippen LogP contribution in [0.25, 0.3) is 0 Å². The second-order valence-electron chi connectivity index (χ2n) is 10.5. The Hall–Kier alpha value is -1.62. The molecule has 0 bridgehead atoms. The molecule has 33 heavy (non-hydrogen) atoms. The number of unbranched alkanes of at least 4 members (excludes halogenated alkanes) is 3. The maximum absolute atomic E-state index is 5.82. The van der Waals surface area contributed by atoms with Crippen molar-refractivity contribution in [3.63, 3.8) is 0 Å². The summed E-state index contributed by atoms with van der Waals surface area (Å²) in [6.07, 6.45) is 12.3. The fraction of sp³-hybridized carbons (Fsp3) is 0.714. The quantitative estimate of drug-likeness (QED) is 0.249. The van der Waals surface area contributed by atoms with Crippen molar-refractivity contribution in [2.75, 3.05) is 26.2 Å². The Morgan fingerprint density at radius 3 is 2.55 bits per heavy atom. The fourth-order valence-corrected chi connectivity index (χ4v) is 5.46. The maximum atomic E-state index is 5.82. The molecule has 0 radical (unpaired) electrons. The summed E-state index contributed by atoms with van der Waals surface area (Å²) in [5.74, 6) is 2.04. The van der Waals surface area contributed by atoms with E-state index in [4.69, 9.17) is 17.2 Å². The highest BCUT2D eigenvalue weighted by Gasteiger charge is 2.30. The summed E-state index contributed by atoms with van der Waals surface area (Å²) in [7, 11) is 0. The van der Waals surface area contributed by atoms with Gasteiger partial charge in [-0.3, -0.25) is 4.99 Å². The number of amidine groups is 1. The summed E-state index contributed by atoms with van der Waals surface area (Å²) >= 11 is 5.82. The molecule has 184 valence electrons. The third-order valence-electron chi connectivity index (χ3n) is 7.04. The van der Waals surface area contributed by atoms with Gasteiger partial charge in [-0.1, -0.05) is 57.0 Å². The normalized spacial score (nSPS) is 20.6. The Labute approximate surface area is 208 Å². The van der Waals surface area contributed by atoms with Crippen LogP contribution in [0.1, 0.15) is 84.1 Å². The standard InChI is InChI=1S/C28H46N4S/c1-23(2)13-9-12-20-32-24(3)22-31(28(32)33)19-11-10-17-26-21-29-27(30-26)18-8-7-16-25-14-5-4-6-15-25/h4-6,14-15,23-24,26H,7-13,16-22H2,1-3H3,(H,29,30)/t24-,26+/m1/s1. The number of nitrogens with one attached hydrogen (secondary N) is 1. The molecule has 2 aliphatic heterocycles. The lowest BCUT2D eigenvalue weighted by Crippen LogP contribution is -2.35. The molecule has 1 saturated heterocycles. The molecule has 0 saturated carbocycles. The Balaban J connectivity index is 1.22. The molecule has 2 atom stereocenters. The molecule has 1 aromatic rings. The molecule has 5 heteroatoms. The molecule has 0 aliphatic carbocycles. The first-order chi connectivity index (χ1) is 16.0. The van der Waals surface area contributed by atoms with E-state index in [1.54, 1.807) is 0 Å². The van der Waals surface area contributed by atoms with Crippen molar-refractivity contribution in [3.8, 4) is 0 Å². The van der Waals surface area contributed by atoms with Gasteiger partial charge in [-0.2, -0.15) is 0 Å². The van der Waals surface area contributed by atoms with Crippen LogP contribution in [0.5, 0.6) is 0 Å². The van der Waals surface area contributed by atoms with Crippen molar-refractivity contribution in [2.24, 2.45) is 10.9 Å². The zero-order valence-electron chi connectivity index (χ0n) is 21.3. The van der Waals surface area contributed by atoms with Crippen molar-refractivity contribution in [1.82, 2.24) is 15.1 Å². The summed E-state index contributed by atoms with van der Waals surface area (Å²) in [6, 6.07) is 11.9. The van der Waals surface area contributed by atoms with Crippen molar-refractivity contribution in [1.29, 1.82) is 0 Å². The van der Waals surface area contributed by atoms with E-state index in [-0.39, 0.29) is 0 Å². The summed E-state index contributed by atoms with van der Waals surface area (Å²) in [4.78, 5) is 9.67. The van der Waals surface area contributed by atoms with Gasteiger partial charge >= 0.3 is 0 Å². The molecule has 1 aromatic carbocycles. The smallest absolute Gasteiger partial charge is 0.171 e. The molecule has 2 aliphatic rings. The second kappa shape index (κ2) is 13.9. The van der Waals surface area contributed by atoms with Crippen LogP contribution in [-0.2, 0) is 6.42 Å². The van der Waals surface area contributed by atoms with Crippen molar-refractivity contribution >= 4 is 23.2 Å². The minimum Gasteiger partial charge on any atom is -0.369 e. The topological polar surface area (TPSA) is 30.9 Å². The minimum atomic E-state index is 0.538. The molecule has 0 aromatic heterocycles. The Morgan fingerprint density at radius 2 is 1.76 bits per heavy atom. The van der Waals surface area contributed by atoms with Crippen molar-refractivity contribution < 1.29 is 0 Å². The van der Waals surface area contributed by atoms with Crippen LogP contribution >= 0.6 is 12.2 Å². The number of benzene rings is 1. The molecular formula is C28H46N4S. The van der Waals surface area contributed by atoms with Gasteiger partial charge < -0.3 is 15.1 Å². The number of thiocarbonyl (C=S) groups is 1. The highest BCUT2D eigenvalue weighted by atomic mass is 32.1. The summed E-state index contributed by atoms with van der Waals surface area (Å²) in [5, 5.41) is 4.77. The van der Waals surface area contributed by atoms with E-state index in [9.17, 15) is 0 Å². The van der Waals surface area contributed by atoms with Crippen LogP contribution in [-0.4, -0.2) is 59.0 Å². The molecular weight excluding hydrogens is 424 g/mol. The summed E-state index contributed by atoms with van der Waals surface area (Å²) in [6.45, 7) is 11.2. The van der Waals surface area contributed by atoms with E-state index in [0.29, 0.717) is 12.1 Å². The molecule has 2 heterocycles. The van der Waals surface area contributed by atoms with E-state index in [1.807, 2.05) is 0 Å². The lowest BCUT2D eigenvalue weighted by atomic mass is 10.1. The minimum absolute atomic E-state index is 0.538. The highest BCUT2D eigenvalue weighted by Crippen LogP contribution is 2.19. The van der Waals surface area contributed by atoms with Crippen LogP contribution in [0.4, 0.5) is 0 Å². The van der Waals surface area contributed by atoms with Gasteiger partial charge in [0.1, 0.15) is 0 Å². The van der Waals surface area contributed by atoms with Gasteiger partial charge in [0.15, 0.2) is 5.11 Å². The largest absolute Gasteiger partial charge is 0.369 e.